The zero-order chi connectivity index (χ0) is 19.1. The maximum absolute atomic E-state index is 5.98. The molecule has 0 fully saturated rings. The summed E-state index contributed by atoms with van der Waals surface area (Å²) in [5, 5.41) is 6.28. The Labute approximate surface area is 159 Å². The summed E-state index contributed by atoms with van der Waals surface area (Å²) in [7, 11) is 1.89. The van der Waals surface area contributed by atoms with Crippen molar-refractivity contribution in [2.75, 3.05) is 24.7 Å². The van der Waals surface area contributed by atoms with Crippen molar-refractivity contribution in [3.63, 3.8) is 0 Å². The van der Waals surface area contributed by atoms with Crippen molar-refractivity contribution in [1.29, 1.82) is 0 Å². The number of ether oxygens (including phenoxy) is 1. The average molecular weight is 366 g/mol. The molecule has 0 aliphatic rings. The van der Waals surface area contributed by atoms with Gasteiger partial charge in [0.2, 0.25) is 0 Å². The Morgan fingerprint density at radius 3 is 2.70 bits per heavy atom. The fourth-order valence-electron chi connectivity index (χ4n) is 2.67. The zero-order valence-electron chi connectivity index (χ0n) is 15.8. The predicted molar refractivity (Wildman–Crippen MR) is 109 cm³/mol. The van der Waals surface area contributed by atoms with E-state index >= 15 is 0 Å². The second-order valence-electron chi connectivity index (χ2n) is 6.32. The van der Waals surface area contributed by atoms with Gasteiger partial charge in [0.25, 0.3) is 6.01 Å². The van der Waals surface area contributed by atoms with Crippen molar-refractivity contribution < 1.29 is 9.15 Å². The Bertz CT molecular complexity index is 859. The van der Waals surface area contributed by atoms with E-state index in [2.05, 4.69) is 22.5 Å². The Balaban J connectivity index is 1.67. The summed E-state index contributed by atoms with van der Waals surface area (Å²) in [6.45, 7) is 3.59. The summed E-state index contributed by atoms with van der Waals surface area (Å²) >= 11 is 0. The van der Waals surface area contributed by atoms with Crippen LogP contribution in [0.3, 0.4) is 0 Å². The average Bonchev–Trinajstić information content (AvgIpc) is 3.14. The first-order valence-corrected chi connectivity index (χ1v) is 9.18. The summed E-state index contributed by atoms with van der Waals surface area (Å²) in [6, 6.07) is 14.0. The van der Waals surface area contributed by atoms with Gasteiger partial charge in [-0.15, -0.1) is 0 Å². The highest BCUT2D eigenvalue weighted by atomic mass is 16.5. The standard InChI is InChI=1S/C21H26N4O2/c1-3-4-11-26-18-8-5-15(6-9-18)20-14-24-21(27-20)25-17-7-10-19(22)16(12-17)13-23-2/h5-10,12,14,23H,3-4,11,13,22H2,1-2H3,(H,24,25). The molecule has 0 aliphatic heterocycles. The number of nitrogens with zero attached hydrogens (tertiary/aromatic N) is 1. The number of rotatable bonds is 9. The minimum Gasteiger partial charge on any atom is -0.494 e. The molecule has 0 saturated heterocycles. The van der Waals surface area contributed by atoms with Crippen molar-refractivity contribution in [3.8, 4) is 17.1 Å². The van der Waals surface area contributed by atoms with Crippen LogP contribution in [0.5, 0.6) is 5.75 Å². The van der Waals surface area contributed by atoms with E-state index in [4.69, 9.17) is 14.9 Å². The van der Waals surface area contributed by atoms with Crippen molar-refractivity contribution in [2.45, 2.75) is 26.3 Å². The van der Waals surface area contributed by atoms with Crippen LogP contribution in [0.15, 0.2) is 53.1 Å². The summed E-state index contributed by atoms with van der Waals surface area (Å²) < 4.78 is 11.5. The minimum absolute atomic E-state index is 0.438. The second kappa shape index (κ2) is 9.09. The molecule has 0 spiro atoms. The maximum atomic E-state index is 5.98. The molecule has 142 valence electrons. The van der Waals surface area contributed by atoms with Crippen LogP contribution in [-0.2, 0) is 6.54 Å². The van der Waals surface area contributed by atoms with E-state index in [-0.39, 0.29) is 0 Å². The van der Waals surface area contributed by atoms with Crippen LogP contribution in [0.2, 0.25) is 0 Å². The largest absolute Gasteiger partial charge is 0.494 e. The second-order valence-corrected chi connectivity index (χ2v) is 6.32. The lowest BCUT2D eigenvalue weighted by atomic mass is 10.1. The molecule has 6 nitrogen and oxygen atoms in total. The molecule has 3 aromatic rings. The summed E-state index contributed by atoms with van der Waals surface area (Å²) in [4.78, 5) is 4.31. The molecule has 1 aromatic heterocycles. The van der Waals surface area contributed by atoms with Gasteiger partial charge >= 0.3 is 0 Å². The third kappa shape index (κ3) is 5.01. The van der Waals surface area contributed by atoms with Gasteiger partial charge in [0, 0.05) is 23.5 Å². The Morgan fingerprint density at radius 2 is 1.96 bits per heavy atom. The number of anilines is 3. The monoisotopic (exact) mass is 366 g/mol. The van der Waals surface area contributed by atoms with Gasteiger partial charge in [0.05, 0.1) is 12.8 Å². The molecule has 27 heavy (non-hydrogen) atoms. The van der Waals surface area contributed by atoms with Gasteiger partial charge in [0.15, 0.2) is 5.76 Å². The van der Waals surface area contributed by atoms with Gasteiger partial charge < -0.3 is 25.5 Å². The fourth-order valence-corrected chi connectivity index (χ4v) is 2.67. The van der Waals surface area contributed by atoms with Gasteiger partial charge in [-0.2, -0.15) is 0 Å². The Hall–Kier alpha value is -2.99. The van der Waals surface area contributed by atoms with Crippen LogP contribution < -0.4 is 21.1 Å². The normalized spacial score (nSPS) is 10.7. The molecule has 6 heteroatoms. The molecular formula is C21H26N4O2. The highest BCUT2D eigenvalue weighted by Gasteiger charge is 2.08. The first kappa shape index (κ1) is 18.8. The molecule has 0 aliphatic carbocycles. The number of aromatic nitrogens is 1. The molecule has 4 N–H and O–H groups in total. The fraction of sp³-hybridized carbons (Fsp3) is 0.286. The molecule has 0 unspecified atom stereocenters. The lowest BCUT2D eigenvalue weighted by Gasteiger charge is -2.08. The zero-order valence-corrected chi connectivity index (χ0v) is 15.8. The van der Waals surface area contributed by atoms with E-state index in [1.165, 1.54) is 0 Å². The van der Waals surface area contributed by atoms with Crippen LogP contribution in [0, 0.1) is 0 Å². The molecule has 1 heterocycles. The third-order valence-electron chi connectivity index (χ3n) is 4.17. The van der Waals surface area contributed by atoms with Gasteiger partial charge in [-0.1, -0.05) is 13.3 Å². The number of nitrogens with two attached hydrogens (primary N) is 1. The van der Waals surface area contributed by atoms with Crippen LogP contribution in [0.1, 0.15) is 25.3 Å². The number of benzene rings is 2. The number of unbranched alkanes of at least 4 members (excludes halogenated alkanes) is 1. The molecule has 2 aromatic carbocycles. The summed E-state index contributed by atoms with van der Waals surface area (Å²) in [6.07, 6.45) is 3.89. The number of nitrogen functional groups attached to an aromatic ring is 1. The Morgan fingerprint density at radius 1 is 1.15 bits per heavy atom. The number of hydrogen-bond donors (Lipinski definition) is 3. The molecule has 0 radical (unpaired) electrons. The Kier molecular flexibility index (Phi) is 6.33. The van der Waals surface area contributed by atoms with Crippen LogP contribution in [0.25, 0.3) is 11.3 Å². The molecule has 0 bridgehead atoms. The van der Waals surface area contributed by atoms with Gasteiger partial charge in [-0.05, 0) is 61.5 Å². The third-order valence-corrected chi connectivity index (χ3v) is 4.17. The number of hydrogen-bond acceptors (Lipinski definition) is 6. The van der Waals surface area contributed by atoms with Crippen molar-refractivity contribution in [3.05, 3.63) is 54.2 Å². The van der Waals surface area contributed by atoms with Crippen molar-refractivity contribution in [1.82, 2.24) is 10.3 Å². The topological polar surface area (TPSA) is 85.3 Å². The van der Waals surface area contributed by atoms with Gasteiger partial charge in [-0.25, -0.2) is 4.98 Å². The maximum Gasteiger partial charge on any atom is 0.299 e. The number of oxazole rings is 1. The van der Waals surface area contributed by atoms with Crippen LogP contribution in [-0.4, -0.2) is 18.6 Å². The lowest BCUT2D eigenvalue weighted by Crippen LogP contribution is -2.08. The molecular weight excluding hydrogens is 340 g/mol. The highest BCUT2D eigenvalue weighted by Crippen LogP contribution is 2.27. The van der Waals surface area contributed by atoms with E-state index in [0.717, 1.165) is 47.7 Å². The lowest BCUT2D eigenvalue weighted by molar-refractivity contribution is 0.309. The van der Waals surface area contributed by atoms with E-state index in [1.807, 2.05) is 49.5 Å². The van der Waals surface area contributed by atoms with Crippen LogP contribution in [0.4, 0.5) is 17.4 Å². The highest BCUT2D eigenvalue weighted by molar-refractivity contribution is 5.63. The summed E-state index contributed by atoms with van der Waals surface area (Å²) in [5.41, 5.74) is 9.59. The van der Waals surface area contributed by atoms with Gasteiger partial charge in [0.1, 0.15) is 5.75 Å². The van der Waals surface area contributed by atoms with E-state index in [1.54, 1.807) is 6.20 Å². The van der Waals surface area contributed by atoms with E-state index in [9.17, 15) is 0 Å². The van der Waals surface area contributed by atoms with Gasteiger partial charge in [-0.3, -0.25) is 0 Å². The smallest absolute Gasteiger partial charge is 0.299 e. The SMILES string of the molecule is CCCCOc1ccc(-c2cnc(Nc3ccc(N)c(CNC)c3)o2)cc1. The molecule has 0 amide bonds. The van der Waals surface area contributed by atoms with Crippen molar-refractivity contribution >= 4 is 17.4 Å². The molecule has 0 saturated carbocycles. The van der Waals surface area contributed by atoms with E-state index in [0.29, 0.717) is 18.3 Å². The first-order valence-electron chi connectivity index (χ1n) is 9.18. The first-order chi connectivity index (χ1) is 13.2. The molecule has 0 atom stereocenters. The molecule has 3 rings (SSSR count). The van der Waals surface area contributed by atoms with E-state index < -0.39 is 0 Å². The number of nitrogens with one attached hydrogen (secondary N) is 2. The quantitative estimate of drug-likeness (QED) is 0.380. The summed E-state index contributed by atoms with van der Waals surface area (Å²) in [5.74, 6) is 1.56. The van der Waals surface area contributed by atoms with Crippen molar-refractivity contribution in [2.24, 2.45) is 0 Å². The van der Waals surface area contributed by atoms with Crippen LogP contribution >= 0.6 is 0 Å². The predicted octanol–water partition coefficient (Wildman–Crippen LogP) is 4.57. The minimum atomic E-state index is 0.438.